The molecule has 3 rings (SSSR count). The number of nitrogens with zero attached hydrogens (tertiary/aromatic N) is 1. The highest BCUT2D eigenvalue weighted by Crippen LogP contribution is 2.52. The van der Waals surface area contributed by atoms with Crippen LogP contribution < -0.4 is 0 Å². The molecule has 0 unspecified atom stereocenters. The topological polar surface area (TPSA) is 57.3 Å². The molecule has 0 saturated heterocycles. The standard InChI is InChI=1S/C17H20NO3/c1-9-6-14(19)10-7-12-13(8-11(10)15(9)20)17(4,5)18(21)16(12,2)3/h6H,7-8H2,1-5H3. The summed E-state index contributed by atoms with van der Waals surface area (Å²) in [5.74, 6) is -0.124. The van der Waals surface area contributed by atoms with E-state index < -0.39 is 11.1 Å². The van der Waals surface area contributed by atoms with Crippen molar-refractivity contribution in [2.24, 2.45) is 0 Å². The number of hydroxylamine groups is 2. The molecular weight excluding hydrogens is 266 g/mol. The first-order valence-corrected chi connectivity index (χ1v) is 7.28. The van der Waals surface area contributed by atoms with Crippen LogP contribution in [-0.4, -0.2) is 27.7 Å². The Morgan fingerprint density at radius 1 is 0.952 bits per heavy atom. The first-order chi connectivity index (χ1) is 9.58. The quantitative estimate of drug-likeness (QED) is 0.508. The van der Waals surface area contributed by atoms with Crippen LogP contribution in [0.2, 0.25) is 0 Å². The molecule has 21 heavy (non-hydrogen) atoms. The van der Waals surface area contributed by atoms with Gasteiger partial charge in [-0.3, -0.25) is 9.59 Å². The molecule has 0 amide bonds. The predicted molar refractivity (Wildman–Crippen MR) is 77.7 cm³/mol. The number of ketones is 2. The summed E-state index contributed by atoms with van der Waals surface area (Å²) in [5.41, 5.74) is 2.44. The van der Waals surface area contributed by atoms with E-state index in [2.05, 4.69) is 0 Å². The third-order valence-corrected chi connectivity index (χ3v) is 5.21. The fourth-order valence-electron chi connectivity index (χ4n) is 3.94. The summed E-state index contributed by atoms with van der Waals surface area (Å²) in [6, 6.07) is 0. The van der Waals surface area contributed by atoms with E-state index in [1.165, 1.54) is 6.08 Å². The lowest BCUT2D eigenvalue weighted by molar-refractivity contribution is -0.240. The molecule has 0 N–H and O–H groups in total. The Morgan fingerprint density at radius 3 is 1.95 bits per heavy atom. The van der Waals surface area contributed by atoms with E-state index in [0.717, 1.165) is 16.2 Å². The molecule has 1 aliphatic heterocycles. The first-order valence-electron chi connectivity index (χ1n) is 7.28. The van der Waals surface area contributed by atoms with Crippen molar-refractivity contribution in [2.75, 3.05) is 0 Å². The maximum Gasteiger partial charge on any atom is 0.185 e. The summed E-state index contributed by atoms with van der Waals surface area (Å²) >= 11 is 0. The highest BCUT2D eigenvalue weighted by Gasteiger charge is 2.53. The van der Waals surface area contributed by atoms with Crippen molar-refractivity contribution in [3.63, 3.8) is 0 Å². The maximum atomic E-state index is 12.6. The predicted octanol–water partition coefficient (Wildman–Crippen LogP) is 2.69. The van der Waals surface area contributed by atoms with Gasteiger partial charge >= 0.3 is 0 Å². The molecule has 0 aromatic carbocycles. The molecule has 1 heterocycles. The normalized spacial score (nSPS) is 27.8. The van der Waals surface area contributed by atoms with Crippen LogP contribution in [-0.2, 0) is 14.8 Å². The molecule has 1 radical (unpaired) electrons. The molecule has 4 heteroatoms. The van der Waals surface area contributed by atoms with E-state index >= 15 is 0 Å². The van der Waals surface area contributed by atoms with Crippen LogP contribution >= 0.6 is 0 Å². The van der Waals surface area contributed by atoms with Crippen molar-refractivity contribution < 1.29 is 14.8 Å². The van der Waals surface area contributed by atoms with Gasteiger partial charge < -0.3 is 0 Å². The number of allylic oxidation sites excluding steroid dienone is 4. The minimum absolute atomic E-state index is 0.0471. The summed E-state index contributed by atoms with van der Waals surface area (Å²) in [5, 5.41) is 13.7. The van der Waals surface area contributed by atoms with Crippen molar-refractivity contribution in [3.05, 3.63) is 33.9 Å². The van der Waals surface area contributed by atoms with E-state index in [1.807, 2.05) is 27.7 Å². The number of carbonyl (C=O) groups is 2. The Labute approximate surface area is 124 Å². The number of rotatable bonds is 0. The van der Waals surface area contributed by atoms with Crippen LogP contribution in [0.1, 0.15) is 47.5 Å². The highest BCUT2D eigenvalue weighted by molar-refractivity contribution is 6.23. The Kier molecular flexibility index (Phi) is 2.76. The van der Waals surface area contributed by atoms with Gasteiger partial charge in [0, 0.05) is 16.7 Å². The minimum Gasteiger partial charge on any atom is -0.290 e. The van der Waals surface area contributed by atoms with Crippen molar-refractivity contribution in [2.45, 2.75) is 58.5 Å². The minimum atomic E-state index is -0.629. The van der Waals surface area contributed by atoms with Crippen LogP contribution in [0.3, 0.4) is 0 Å². The second kappa shape index (κ2) is 4.02. The second-order valence-corrected chi connectivity index (χ2v) is 7.20. The summed E-state index contributed by atoms with van der Waals surface area (Å²) in [4.78, 5) is 24.6. The zero-order chi connectivity index (χ0) is 15.7. The fourth-order valence-corrected chi connectivity index (χ4v) is 3.94. The maximum absolute atomic E-state index is 12.6. The summed E-state index contributed by atoms with van der Waals surface area (Å²) in [6.45, 7) is 9.26. The van der Waals surface area contributed by atoms with Crippen LogP contribution in [0.5, 0.6) is 0 Å². The van der Waals surface area contributed by atoms with E-state index in [0.29, 0.717) is 29.6 Å². The molecule has 0 spiro atoms. The van der Waals surface area contributed by atoms with Gasteiger partial charge in [-0.05, 0) is 64.7 Å². The van der Waals surface area contributed by atoms with Crippen LogP contribution in [0, 0.1) is 0 Å². The zero-order valence-corrected chi connectivity index (χ0v) is 13.2. The molecule has 0 saturated carbocycles. The Balaban J connectivity index is 2.11. The number of hydrogen-bond donors (Lipinski definition) is 0. The van der Waals surface area contributed by atoms with Gasteiger partial charge in [0.15, 0.2) is 11.6 Å². The SMILES string of the molecule is CC1=CC(=O)C2=C(CC3=C(C2)C(C)(C)N([O])C3(C)C)C1=O. The molecule has 0 fully saturated rings. The van der Waals surface area contributed by atoms with Gasteiger partial charge in [-0.1, -0.05) is 0 Å². The largest absolute Gasteiger partial charge is 0.290 e. The number of hydrogen-bond acceptors (Lipinski definition) is 3. The van der Waals surface area contributed by atoms with Crippen molar-refractivity contribution in [1.29, 1.82) is 0 Å². The van der Waals surface area contributed by atoms with Crippen LogP contribution in [0.25, 0.3) is 0 Å². The fraction of sp³-hybridized carbons (Fsp3) is 0.529. The molecular formula is C17H20NO3. The summed E-state index contributed by atoms with van der Waals surface area (Å²) < 4.78 is 0. The lowest BCUT2D eigenvalue weighted by atomic mass is 9.73. The molecule has 2 aliphatic carbocycles. The third kappa shape index (κ3) is 1.69. The molecule has 0 bridgehead atoms. The van der Waals surface area contributed by atoms with Crippen molar-refractivity contribution >= 4 is 11.6 Å². The Hall–Kier alpha value is -1.52. The van der Waals surface area contributed by atoms with Gasteiger partial charge in [0.05, 0.1) is 11.1 Å². The molecule has 0 aromatic heterocycles. The van der Waals surface area contributed by atoms with Gasteiger partial charge in [-0.2, -0.15) is 0 Å². The lowest BCUT2D eigenvalue weighted by Gasteiger charge is -2.34. The average Bonchev–Trinajstić information content (AvgIpc) is 2.54. The number of Topliss-reactive ketones (excluding diaryl/α,β-unsaturated/α-hetero) is 1. The Morgan fingerprint density at radius 2 is 1.43 bits per heavy atom. The summed E-state index contributed by atoms with van der Waals surface area (Å²) in [6.07, 6.45) is 2.28. The van der Waals surface area contributed by atoms with Gasteiger partial charge in [-0.25, -0.2) is 0 Å². The van der Waals surface area contributed by atoms with Gasteiger partial charge in [-0.15, -0.1) is 10.3 Å². The molecule has 111 valence electrons. The smallest absolute Gasteiger partial charge is 0.185 e. The van der Waals surface area contributed by atoms with Crippen molar-refractivity contribution in [3.8, 4) is 0 Å². The molecule has 4 nitrogen and oxygen atoms in total. The van der Waals surface area contributed by atoms with Crippen LogP contribution in [0.15, 0.2) is 33.9 Å². The summed E-state index contributed by atoms with van der Waals surface area (Å²) in [7, 11) is 0. The van der Waals surface area contributed by atoms with Crippen LogP contribution in [0.4, 0.5) is 0 Å². The monoisotopic (exact) mass is 286 g/mol. The van der Waals surface area contributed by atoms with Gasteiger partial charge in [0.25, 0.3) is 0 Å². The van der Waals surface area contributed by atoms with Gasteiger partial charge in [0.1, 0.15) is 0 Å². The van der Waals surface area contributed by atoms with Crippen molar-refractivity contribution in [1.82, 2.24) is 5.06 Å². The van der Waals surface area contributed by atoms with Gasteiger partial charge in [0.2, 0.25) is 0 Å². The molecule has 0 aromatic rings. The van der Waals surface area contributed by atoms with E-state index in [-0.39, 0.29) is 11.6 Å². The van der Waals surface area contributed by atoms with E-state index in [9.17, 15) is 14.8 Å². The third-order valence-electron chi connectivity index (χ3n) is 5.21. The second-order valence-electron chi connectivity index (χ2n) is 7.20. The lowest BCUT2D eigenvalue weighted by Crippen LogP contribution is -2.47. The molecule has 3 aliphatic rings. The Bertz CT molecular complexity index is 674. The average molecular weight is 286 g/mol. The zero-order valence-electron chi connectivity index (χ0n) is 13.2. The first kappa shape index (κ1) is 14.4. The van der Waals surface area contributed by atoms with E-state index in [1.54, 1.807) is 6.92 Å². The van der Waals surface area contributed by atoms with E-state index in [4.69, 9.17) is 0 Å². The number of carbonyl (C=O) groups excluding carboxylic acids is 2. The highest BCUT2D eigenvalue weighted by atomic mass is 16.5. The molecule has 0 atom stereocenters.